The average Bonchev–Trinajstić information content (AvgIpc) is 3.10. The fourth-order valence-electron chi connectivity index (χ4n) is 3.84. The van der Waals surface area contributed by atoms with Gasteiger partial charge < -0.3 is 15.3 Å². The standard InChI is InChI=1S/C14H24N2O2/c1-16-11-3-2-4-12(16)8-10(7-11)15-13(14(17)18)9-5-6-9/h9-13,15H,2-8H2,1H3,(H,17,18). The van der Waals surface area contributed by atoms with Crippen molar-refractivity contribution >= 4 is 5.97 Å². The Morgan fingerprint density at radius 2 is 1.83 bits per heavy atom. The lowest BCUT2D eigenvalue weighted by molar-refractivity contribution is -0.140. The van der Waals surface area contributed by atoms with E-state index in [0.29, 0.717) is 24.0 Å². The van der Waals surface area contributed by atoms with Crippen LogP contribution in [0, 0.1) is 5.92 Å². The van der Waals surface area contributed by atoms with Crippen molar-refractivity contribution in [3.63, 3.8) is 0 Å². The first-order valence-electron chi connectivity index (χ1n) is 7.36. The van der Waals surface area contributed by atoms with Crippen LogP contribution in [0.15, 0.2) is 0 Å². The Morgan fingerprint density at radius 3 is 2.33 bits per heavy atom. The molecule has 0 aromatic rings. The summed E-state index contributed by atoms with van der Waals surface area (Å²) in [6.45, 7) is 0. The molecule has 102 valence electrons. The largest absolute Gasteiger partial charge is 0.480 e. The maximum absolute atomic E-state index is 11.3. The SMILES string of the molecule is CN1C2CCCC1CC(NC(C(=O)O)C1CC1)C2. The van der Waals surface area contributed by atoms with Gasteiger partial charge in [0.15, 0.2) is 0 Å². The number of nitrogens with one attached hydrogen (secondary N) is 1. The highest BCUT2D eigenvalue weighted by molar-refractivity contribution is 5.74. The number of hydrogen-bond acceptors (Lipinski definition) is 3. The van der Waals surface area contributed by atoms with Crippen molar-refractivity contribution in [2.75, 3.05) is 7.05 Å². The summed E-state index contributed by atoms with van der Waals surface area (Å²) in [7, 11) is 2.24. The monoisotopic (exact) mass is 252 g/mol. The molecule has 3 unspecified atom stereocenters. The van der Waals surface area contributed by atoms with Crippen molar-refractivity contribution in [3.05, 3.63) is 0 Å². The Morgan fingerprint density at radius 1 is 1.22 bits per heavy atom. The minimum atomic E-state index is -0.651. The summed E-state index contributed by atoms with van der Waals surface area (Å²) in [5.74, 6) is -0.261. The number of hydrogen-bond donors (Lipinski definition) is 2. The molecule has 1 aliphatic carbocycles. The summed E-state index contributed by atoms with van der Waals surface area (Å²) < 4.78 is 0. The van der Waals surface area contributed by atoms with Crippen LogP contribution in [0.4, 0.5) is 0 Å². The number of rotatable bonds is 4. The third-order valence-corrected chi connectivity index (χ3v) is 5.11. The summed E-state index contributed by atoms with van der Waals surface area (Å²) >= 11 is 0. The van der Waals surface area contributed by atoms with Crippen molar-refractivity contribution in [2.45, 2.75) is 69.1 Å². The van der Waals surface area contributed by atoms with Gasteiger partial charge >= 0.3 is 5.97 Å². The van der Waals surface area contributed by atoms with Crippen LogP contribution in [0.1, 0.15) is 44.9 Å². The van der Waals surface area contributed by atoms with Gasteiger partial charge in [0.05, 0.1) is 0 Å². The molecule has 2 aliphatic heterocycles. The first-order chi connectivity index (χ1) is 8.65. The summed E-state index contributed by atoms with van der Waals surface area (Å²) in [6.07, 6.45) is 8.34. The Balaban J connectivity index is 1.61. The van der Waals surface area contributed by atoms with Gasteiger partial charge in [-0.15, -0.1) is 0 Å². The third kappa shape index (κ3) is 2.41. The van der Waals surface area contributed by atoms with Crippen molar-refractivity contribution in [2.24, 2.45) is 5.92 Å². The van der Waals surface area contributed by atoms with Gasteiger partial charge in [0.1, 0.15) is 6.04 Å². The van der Waals surface area contributed by atoms with Crippen molar-refractivity contribution < 1.29 is 9.90 Å². The number of fused-ring (bicyclic) bond motifs is 2. The van der Waals surface area contributed by atoms with E-state index in [1.54, 1.807) is 0 Å². The lowest BCUT2D eigenvalue weighted by Crippen LogP contribution is -2.57. The van der Waals surface area contributed by atoms with Gasteiger partial charge in [-0.1, -0.05) is 6.42 Å². The molecule has 18 heavy (non-hydrogen) atoms. The van der Waals surface area contributed by atoms with Crippen LogP contribution in [0.25, 0.3) is 0 Å². The molecule has 4 nitrogen and oxygen atoms in total. The van der Waals surface area contributed by atoms with E-state index in [-0.39, 0.29) is 6.04 Å². The quantitative estimate of drug-likeness (QED) is 0.795. The second kappa shape index (κ2) is 4.82. The fraction of sp³-hybridized carbons (Fsp3) is 0.929. The second-order valence-corrected chi connectivity index (χ2v) is 6.39. The molecule has 0 spiro atoms. The predicted octanol–water partition coefficient (Wildman–Crippen LogP) is 1.45. The fourth-order valence-corrected chi connectivity index (χ4v) is 3.84. The highest BCUT2D eigenvalue weighted by Gasteiger charge is 2.41. The summed E-state index contributed by atoms with van der Waals surface area (Å²) in [5, 5.41) is 12.7. The molecule has 3 fully saturated rings. The Labute approximate surface area is 109 Å². The second-order valence-electron chi connectivity index (χ2n) is 6.39. The van der Waals surface area contributed by atoms with E-state index in [9.17, 15) is 9.90 Å². The predicted molar refractivity (Wildman–Crippen MR) is 69.5 cm³/mol. The van der Waals surface area contributed by atoms with Crippen LogP contribution in [0.5, 0.6) is 0 Å². The topological polar surface area (TPSA) is 52.6 Å². The van der Waals surface area contributed by atoms with Crippen LogP contribution < -0.4 is 5.32 Å². The smallest absolute Gasteiger partial charge is 0.320 e. The van der Waals surface area contributed by atoms with E-state index in [1.165, 1.54) is 19.3 Å². The number of aliphatic carboxylic acids is 1. The highest BCUT2D eigenvalue weighted by Crippen LogP contribution is 2.36. The van der Waals surface area contributed by atoms with E-state index in [4.69, 9.17) is 0 Å². The molecule has 3 atom stereocenters. The molecular formula is C14H24N2O2. The molecule has 1 saturated carbocycles. The third-order valence-electron chi connectivity index (χ3n) is 5.11. The van der Waals surface area contributed by atoms with Gasteiger partial charge in [0.25, 0.3) is 0 Å². The maximum atomic E-state index is 11.3. The number of piperidine rings is 2. The van der Waals surface area contributed by atoms with Gasteiger partial charge in [0, 0.05) is 18.1 Å². The molecule has 2 heterocycles. The number of carboxylic acid groups (broad SMARTS) is 1. The van der Waals surface area contributed by atoms with Crippen LogP contribution in [0.3, 0.4) is 0 Å². The van der Waals surface area contributed by atoms with Crippen LogP contribution >= 0.6 is 0 Å². The van der Waals surface area contributed by atoms with Gasteiger partial charge in [0.2, 0.25) is 0 Å². The Kier molecular flexibility index (Phi) is 3.32. The molecule has 0 amide bonds. The lowest BCUT2D eigenvalue weighted by atomic mass is 9.82. The van der Waals surface area contributed by atoms with E-state index >= 15 is 0 Å². The molecule has 3 rings (SSSR count). The number of nitrogens with zero attached hydrogens (tertiary/aromatic N) is 1. The number of carboxylic acids is 1. The normalized spacial score (nSPS) is 38.4. The summed E-state index contributed by atoms with van der Waals surface area (Å²) in [6, 6.07) is 1.46. The molecule has 2 N–H and O–H groups in total. The minimum Gasteiger partial charge on any atom is -0.480 e. The molecule has 0 aromatic heterocycles. The van der Waals surface area contributed by atoms with Crippen molar-refractivity contribution in [3.8, 4) is 0 Å². The number of carbonyl (C=O) groups is 1. The van der Waals surface area contributed by atoms with E-state index in [1.807, 2.05) is 0 Å². The van der Waals surface area contributed by atoms with Gasteiger partial charge in [-0.2, -0.15) is 0 Å². The molecule has 0 aromatic carbocycles. The Hall–Kier alpha value is -0.610. The zero-order valence-electron chi connectivity index (χ0n) is 11.1. The molecule has 3 aliphatic rings. The molecule has 0 radical (unpaired) electrons. The summed E-state index contributed by atoms with van der Waals surface area (Å²) in [5.41, 5.74) is 0. The average molecular weight is 252 g/mol. The molecular weight excluding hydrogens is 228 g/mol. The maximum Gasteiger partial charge on any atom is 0.320 e. The minimum absolute atomic E-state index is 0.292. The van der Waals surface area contributed by atoms with E-state index in [0.717, 1.165) is 25.7 Å². The van der Waals surface area contributed by atoms with Gasteiger partial charge in [-0.25, -0.2) is 0 Å². The zero-order chi connectivity index (χ0) is 12.7. The summed E-state index contributed by atoms with van der Waals surface area (Å²) in [4.78, 5) is 13.8. The highest BCUT2D eigenvalue weighted by atomic mass is 16.4. The first-order valence-corrected chi connectivity index (χ1v) is 7.36. The van der Waals surface area contributed by atoms with Crippen LogP contribution in [-0.2, 0) is 4.79 Å². The first kappa shape index (κ1) is 12.4. The van der Waals surface area contributed by atoms with E-state index < -0.39 is 5.97 Å². The zero-order valence-corrected chi connectivity index (χ0v) is 11.1. The van der Waals surface area contributed by atoms with Crippen molar-refractivity contribution in [1.29, 1.82) is 0 Å². The Bertz CT molecular complexity index is 316. The van der Waals surface area contributed by atoms with Gasteiger partial charge in [-0.3, -0.25) is 4.79 Å². The van der Waals surface area contributed by atoms with Crippen LogP contribution in [-0.4, -0.2) is 47.2 Å². The molecule has 2 bridgehead atoms. The van der Waals surface area contributed by atoms with Gasteiger partial charge in [-0.05, 0) is 51.5 Å². The van der Waals surface area contributed by atoms with Crippen molar-refractivity contribution in [1.82, 2.24) is 10.2 Å². The van der Waals surface area contributed by atoms with E-state index in [2.05, 4.69) is 17.3 Å². The van der Waals surface area contributed by atoms with Crippen LogP contribution in [0.2, 0.25) is 0 Å². The lowest BCUT2D eigenvalue weighted by Gasteiger charge is -2.47. The molecule has 4 heteroatoms. The molecule has 2 saturated heterocycles.